The van der Waals surface area contributed by atoms with Crippen LogP contribution in [0, 0.1) is 16.0 Å². The van der Waals surface area contributed by atoms with Crippen molar-refractivity contribution in [1.82, 2.24) is 0 Å². The van der Waals surface area contributed by atoms with Crippen LogP contribution in [0.2, 0.25) is 0 Å². The number of methoxy groups -OCH3 is 1. The zero-order chi connectivity index (χ0) is 20.4. The average Bonchev–Trinajstić information content (AvgIpc) is 2.96. The molecule has 2 aromatic carbocycles. The molecule has 0 radical (unpaired) electrons. The van der Waals surface area contributed by atoms with Crippen molar-refractivity contribution in [3.05, 3.63) is 62.6 Å². The number of hydrogen-bond acceptors (Lipinski definition) is 6. The van der Waals surface area contributed by atoms with E-state index in [0.29, 0.717) is 27.2 Å². The highest BCUT2D eigenvalue weighted by molar-refractivity contribution is 9.10. The highest BCUT2D eigenvalue weighted by atomic mass is 79.9. The standard InChI is InChI=1S/C19H16BrN3O5/c1-11-18(16(24)9-12-3-5-13(6-4-12)23(26)27)19(25)22(21-11)14-7-8-17(28-2)15(20)10-14/h3-8,10,18H,9H2,1-2H3. The molecule has 144 valence electrons. The number of Topliss-reactive ketones (excluding diaryl/α,β-unsaturated/α-hetero) is 1. The van der Waals surface area contributed by atoms with Crippen molar-refractivity contribution in [2.45, 2.75) is 13.3 Å². The van der Waals surface area contributed by atoms with Crippen LogP contribution in [0.3, 0.4) is 0 Å². The Labute approximate surface area is 169 Å². The summed E-state index contributed by atoms with van der Waals surface area (Å²) in [4.78, 5) is 35.7. The number of nitrogens with zero attached hydrogens (tertiary/aromatic N) is 3. The highest BCUT2D eigenvalue weighted by Crippen LogP contribution is 2.32. The van der Waals surface area contributed by atoms with E-state index < -0.39 is 16.7 Å². The zero-order valence-corrected chi connectivity index (χ0v) is 16.7. The summed E-state index contributed by atoms with van der Waals surface area (Å²) >= 11 is 3.37. The molecule has 1 atom stereocenters. The Morgan fingerprint density at radius 3 is 2.54 bits per heavy atom. The number of hydrazone groups is 1. The predicted octanol–water partition coefficient (Wildman–Crippen LogP) is 3.52. The van der Waals surface area contributed by atoms with Gasteiger partial charge in [0.2, 0.25) is 0 Å². The first kappa shape index (κ1) is 19.7. The molecule has 2 aromatic rings. The van der Waals surface area contributed by atoms with Crippen molar-refractivity contribution in [1.29, 1.82) is 0 Å². The lowest BCUT2D eigenvalue weighted by atomic mass is 9.94. The summed E-state index contributed by atoms with van der Waals surface area (Å²) in [7, 11) is 1.54. The maximum atomic E-state index is 12.8. The second-order valence-corrected chi connectivity index (χ2v) is 7.06. The van der Waals surface area contributed by atoms with Crippen LogP contribution in [-0.2, 0) is 16.0 Å². The Morgan fingerprint density at radius 2 is 1.96 bits per heavy atom. The summed E-state index contributed by atoms with van der Waals surface area (Å²) in [5.74, 6) is -1.10. The van der Waals surface area contributed by atoms with Gasteiger partial charge >= 0.3 is 0 Å². The number of hydrogen-bond donors (Lipinski definition) is 0. The van der Waals surface area contributed by atoms with E-state index >= 15 is 0 Å². The first-order valence-corrected chi connectivity index (χ1v) is 9.09. The first-order chi connectivity index (χ1) is 13.3. The minimum Gasteiger partial charge on any atom is -0.496 e. The first-order valence-electron chi connectivity index (χ1n) is 8.30. The van der Waals surface area contributed by atoms with Crippen LogP contribution in [0.5, 0.6) is 5.75 Å². The van der Waals surface area contributed by atoms with E-state index in [1.54, 1.807) is 25.1 Å². The molecule has 1 amide bonds. The molecule has 0 spiro atoms. The van der Waals surface area contributed by atoms with Gasteiger partial charge < -0.3 is 4.74 Å². The van der Waals surface area contributed by atoms with Crippen LogP contribution in [-0.4, -0.2) is 29.4 Å². The van der Waals surface area contributed by atoms with Gasteiger partial charge in [-0.25, -0.2) is 0 Å². The molecule has 0 saturated carbocycles. The highest BCUT2D eigenvalue weighted by Gasteiger charge is 2.39. The number of amides is 1. The normalized spacial score (nSPS) is 16.1. The van der Waals surface area contributed by atoms with Gasteiger partial charge in [0.05, 0.1) is 27.9 Å². The lowest BCUT2D eigenvalue weighted by molar-refractivity contribution is -0.384. The average molecular weight is 446 g/mol. The lowest BCUT2D eigenvalue weighted by Crippen LogP contribution is -2.33. The molecule has 0 aromatic heterocycles. The molecular formula is C19H16BrN3O5. The third kappa shape index (κ3) is 3.79. The number of nitro benzene ring substituents is 1. The number of carbonyl (C=O) groups excluding carboxylic acids is 2. The van der Waals surface area contributed by atoms with Gasteiger partial charge in [-0.1, -0.05) is 12.1 Å². The molecule has 9 heteroatoms. The molecule has 0 fully saturated rings. The van der Waals surface area contributed by atoms with E-state index in [1.807, 2.05) is 0 Å². The second-order valence-electron chi connectivity index (χ2n) is 6.21. The fourth-order valence-electron chi connectivity index (χ4n) is 2.95. The van der Waals surface area contributed by atoms with Gasteiger partial charge in [0.1, 0.15) is 11.7 Å². The third-order valence-corrected chi connectivity index (χ3v) is 4.98. The van der Waals surface area contributed by atoms with Crippen molar-refractivity contribution in [3.8, 4) is 5.75 Å². The fourth-order valence-corrected chi connectivity index (χ4v) is 3.48. The van der Waals surface area contributed by atoms with Crippen molar-refractivity contribution >= 4 is 44.7 Å². The van der Waals surface area contributed by atoms with Crippen LogP contribution < -0.4 is 9.75 Å². The van der Waals surface area contributed by atoms with E-state index in [4.69, 9.17) is 4.74 Å². The molecule has 1 unspecified atom stereocenters. The van der Waals surface area contributed by atoms with Crippen LogP contribution >= 0.6 is 15.9 Å². The number of ether oxygens (including phenoxy) is 1. The van der Waals surface area contributed by atoms with Crippen LogP contribution in [0.1, 0.15) is 12.5 Å². The molecule has 0 N–H and O–H groups in total. The Hall–Kier alpha value is -3.07. The fraction of sp³-hybridized carbons (Fsp3) is 0.211. The minimum absolute atomic E-state index is 0.0125. The Morgan fingerprint density at radius 1 is 1.29 bits per heavy atom. The maximum Gasteiger partial charge on any atom is 0.269 e. The molecule has 0 saturated heterocycles. The molecule has 1 aliphatic heterocycles. The van der Waals surface area contributed by atoms with Crippen molar-refractivity contribution in [3.63, 3.8) is 0 Å². The molecule has 28 heavy (non-hydrogen) atoms. The van der Waals surface area contributed by atoms with E-state index in [-0.39, 0.29) is 17.9 Å². The minimum atomic E-state index is -0.976. The number of rotatable bonds is 6. The van der Waals surface area contributed by atoms with Gasteiger partial charge in [0.25, 0.3) is 11.6 Å². The van der Waals surface area contributed by atoms with Gasteiger partial charge in [-0.2, -0.15) is 10.1 Å². The summed E-state index contributed by atoms with van der Waals surface area (Å²) in [6.07, 6.45) is -0.0125. The molecule has 1 aliphatic rings. The van der Waals surface area contributed by atoms with Gasteiger partial charge in [-0.15, -0.1) is 0 Å². The van der Waals surface area contributed by atoms with Crippen molar-refractivity contribution in [2.24, 2.45) is 11.0 Å². The maximum absolute atomic E-state index is 12.8. The summed E-state index contributed by atoms with van der Waals surface area (Å²) in [5.41, 5.74) is 1.47. The topological polar surface area (TPSA) is 102 Å². The van der Waals surface area contributed by atoms with E-state index in [0.717, 1.165) is 0 Å². The van der Waals surface area contributed by atoms with Crippen LogP contribution in [0.15, 0.2) is 52.0 Å². The molecule has 1 heterocycles. The van der Waals surface area contributed by atoms with E-state index in [1.165, 1.54) is 36.4 Å². The zero-order valence-electron chi connectivity index (χ0n) is 15.1. The quantitative estimate of drug-likeness (QED) is 0.384. The summed E-state index contributed by atoms with van der Waals surface area (Å²) < 4.78 is 5.84. The Balaban J connectivity index is 1.77. The number of carbonyl (C=O) groups is 2. The third-order valence-electron chi connectivity index (χ3n) is 4.36. The van der Waals surface area contributed by atoms with Crippen molar-refractivity contribution < 1.29 is 19.2 Å². The number of ketones is 1. The van der Waals surface area contributed by atoms with E-state index in [2.05, 4.69) is 21.0 Å². The van der Waals surface area contributed by atoms with Gasteiger partial charge in [-0.3, -0.25) is 19.7 Å². The number of anilines is 1. The number of benzene rings is 2. The molecule has 3 rings (SSSR count). The lowest BCUT2D eigenvalue weighted by Gasteiger charge is -2.15. The number of nitro groups is 1. The SMILES string of the molecule is COc1ccc(N2N=C(C)C(C(=O)Cc3ccc([N+](=O)[O-])cc3)C2=O)cc1Br. The molecule has 8 nitrogen and oxygen atoms in total. The predicted molar refractivity (Wildman–Crippen MR) is 107 cm³/mol. The monoisotopic (exact) mass is 445 g/mol. The van der Waals surface area contributed by atoms with Gasteiger partial charge in [-0.05, 0) is 46.6 Å². The van der Waals surface area contributed by atoms with Crippen LogP contribution in [0.4, 0.5) is 11.4 Å². The molecule has 0 bridgehead atoms. The summed E-state index contributed by atoms with van der Waals surface area (Å²) in [5, 5.41) is 16.2. The molecule has 0 aliphatic carbocycles. The Kier molecular flexibility index (Phi) is 5.55. The van der Waals surface area contributed by atoms with Gasteiger partial charge in [0, 0.05) is 18.6 Å². The van der Waals surface area contributed by atoms with Crippen molar-refractivity contribution in [2.75, 3.05) is 12.1 Å². The smallest absolute Gasteiger partial charge is 0.269 e. The van der Waals surface area contributed by atoms with E-state index in [9.17, 15) is 19.7 Å². The Bertz CT molecular complexity index is 988. The number of non-ortho nitro benzene ring substituents is 1. The van der Waals surface area contributed by atoms with Gasteiger partial charge in [0.15, 0.2) is 5.78 Å². The largest absolute Gasteiger partial charge is 0.496 e. The van der Waals surface area contributed by atoms with Crippen LogP contribution in [0.25, 0.3) is 0 Å². The molecular weight excluding hydrogens is 430 g/mol. The second kappa shape index (κ2) is 7.89. The number of halogens is 1. The summed E-state index contributed by atoms with van der Waals surface area (Å²) in [6.45, 7) is 1.63. The summed E-state index contributed by atoms with van der Waals surface area (Å²) in [6, 6.07) is 10.8.